The standard InChI is InChI=1S/C26H26ClF3N2O4/c27-17-4-8-21-16(11-17)13-23(36-21)26(29,30)25(34)31-20(14-32-9-1-2-10-32)24(33)15-3-7-22(19(28)12-15)35-18-5-6-18/h3-4,7-8,11-13,18,20,24,33H,1-2,5-6,9-10,14H2,(H,31,34). The van der Waals surface area contributed by atoms with Crippen molar-refractivity contribution in [1.82, 2.24) is 10.2 Å². The molecule has 1 saturated heterocycles. The molecule has 0 bridgehead atoms. The lowest BCUT2D eigenvalue weighted by atomic mass is 10.0. The normalized spacial score (nSPS) is 18.4. The second kappa shape index (κ2) is 9.95. The van der Waals surface area contributed by atoms with E-state index in [0.29, 0.717) is 23.5 Å². The van der Waals surface area contributed by atoms with E-state index in [2.05, 4.69) is 5.32 Å². The van der Waals surface area contributed by atoms with E-state index < -0.39 is 35.6 Å². The van der Waals surface area contributed by atoms with E-state index in [1.165, 1.54) is 30.3 Å². The molecule has 2 aliphatic rings. The minimum absolute atomic E-state index is 0.00557. The highest BCUT2D eigenvalue weighted by molar-refractivity contribution is 6.31. The number of rotatable bonds is 9. The SMILES string of the molecule is O=C(NC(CN1CCCC1)C(O)c1ccc(OC2CC2)c(F)c1)C(F)(F)c1cc2cc(Cl)ccc2o1. The van der Waals surface area contributed by atoms with E-state index in [4.69, 9.17) is 20.8 Å². The number of ether oxygens (including phenoxy) is 1. The Balaban J connectivity index is 1.37. The first-order chi connectivity index (χ1) is 17.2. The molecule has 1 aliphatic heterocycles. The summed E-state index contributed by atoms with van der Waals surface area (Å²) < 4.78 is 55.6. The van der Waals surface area contributed by atoms with Crippen LogP contribution >= 0.6 is 11.6 Å². The van der Waals surface area contributed by atoms with Gasteiger partial charge in [-0.1, -0.05) is 17.7 Å². The number of aliphatic hydroxyl groups is 1. The molecule has 2 fully saturated rings. The number of fused-ring (bicyclic) bond motifs is 1. The Kier molecular flexibility index (Phi) is 6.89. The summed E-state index contributed by atoms with van der Waals surface area (Å²) in [5.41, 5.74) is 0.321. The van der Waals surface area contributed by atoms with Crippen molar-refractivity contribution in [3.63, 3.8) is 0 Å². The second-order valence-electron chi connectivity index (χ2n) is 9.41. The van der Waals surface area contributed by atoms with Crippen LogP contribution in [0.3, 0.4) is 0 Å². The van der Waals surface area contributed by atoms with Crippen LogP contribution in [0.4, 0.5) is 13.2 Å². The number of nitrogens with one attached hydrogen (secondary N) is 1. The molecule has 2 aromatic carbocycles. The van der Waals surface area contributed by atoms with E-state index in [0.717, 1.165) is 37.8 Å². The van der Waals surface area contributed by atoms with Gasteiger partial charge in [-0.2, -0.15) is 8.78 Å². The number of nitrogens with zero attached hydrogens (tertiary/aromatic N) is 1. The van der Waals surface area contributed by atoms with Crippen LogP contribution in [0.2, 0.25) is 5.02 Å². The van der Waals surface area contributed by atoms with Crippen molar-refractivity contribution >= 4 is 28.5 Å². The molecular weight excluding hydrogens is 497 g/mol. The van der Waals surface area contributed by atoms with Gasteiger partial charge in [0.25, 0.3) is 5.91 Å². The molecule has 1 saturated carbocycles. The van der Waals surface area contributed by atoms with Crippen LogP contribution in [0.1, 0.15) is 43.1 Å². The zero-order valence-corrected chi connectivity index (χ0v) is 20.1. The molecule has 192 valence electrons. The molecule has 1 amide bonds. The third-order valence-electron chi connectivity index (χ3n) is 6.54. The number of likely N-dealkylation sites (tertiary alicyclic amines) is 1. The molecule has 0 spiro atoms. The number of alkyl halides is 2. The van der Waals surface area contributed by atoms with Crippen LogP contribution in [-0.2, 0) is 10.7 Å². The van der Waals surface area contributed by atoms with Crippen LogP contribution in [0.15, 0.2) is 46.9 Å². The van der Waals surface area contributed by atoms with E-state index in [9.17, 15) is 14.3 Å². The van der Waals surface area contributed by atoms with Gasteiger partial charge >= 0.3 is 5.92 Å². The molecule has 36 heavy (non-hydrogen) atoms. The van der Waals surface area contributed by atoms with Gasteiger partial charge in [-0.15, -0.1) is 0 Å². The van der Waals surface area contributed by atoms with Crippen LogP contribution in [0.25, 0.3) is 11.0 Å². The number of carbonyl (C=O) groups excluding carboxylic acids is 1. The van der Waals surface area contributed by atoms with Crippen LogP contribution in [0.5, 0.6) is 5.75 Å². The average molecular weight is 523 g/mol. The summed E-state index contributed by atoms with van der Waals surface area (Å²) in [6.07, 6.45) is 2.14. The highest BCUT2D eigenvalue weighted by atomic mass is 35.5. The third-order valence-corrected chi connectivity index (χ3v) is 6.77. The lowest BCUT2D eigenvalue weighted by Crippen LogP contribution is -2.50. The topological polar surface area (TPSA) is 74.9 Å². The number of hydrogen-bond acceptors (Lipinski definition) is 5. The Morgan fingerprint density at radius 2 is 1.94 bits per heavy atom. The largest absolute Gasteiger partial charge is 0.487 e. The first-order valence-electron chi connectivity index (χ1n) is 12.0. The quantitative estimate of drug-likeness (QED) is 0.405. The summed E-state index contributed by atoms with van der Waals surface area (Å²) in [6, 6.07) is 8.37. The molecule has 6 nitrogen and oxygen atoms in total. The number of halogens is 4. The van der Waals surface area contributed by atoms with E-state index in [1.807, 2.05) is 4.90 Å². The first-order valence-corrected chi connectivity index (χ1v) is 12.3. The Bertz CT molecular complexity index is 1260. The summed E-state index contributed by atoms with van der Waals surface area (Å²) in [5.74, 6) is -7.05. The van der Waals surface area contributed by atoms with Crippen molar-refractivity contribution in [3.8, 4) is 5.75 Å². The lowest BCUT2D eigenvalue weighted by Gasteiger charge is -2.30. The van der Waals surface area contributed by atoms with Crippen molar-refractivity contribution < 1.29 is 32.2 Å². The third kappa shape index (κ3) is 5.33. The molecule has 1 aliphatic carbocycles. The second-order valence-corrected chi connectivity index (χ2v) is 9.84. The molecule has 3 aromatic rings. The summed E-state index contributed by atoms with van der Waals surface area (Å²) in [7, 11) is 0. The highest BCUT2D eigenvalue weighted by Crippen LogP contribution is 2.35. The molecule has 5 rings (SSSR count). The zero-order chi connectivity index (χ0) is 25.4. The number of furan rings is 1. The predicted molar refractivity (Wildman–Crippen MR) is 128 cm³/mol. The summed E-state index contributed by atoms with van der Waals surface area (Å²) in [4.78, 5) is 14.8. The first kappa shape index (κ1) is 24.9. The fourth-order valence-electron chi connectivity index (χ4n) is 4.40. The molecule has 0 radical (unpaired) electrons. The number of amides is 1. The van der Waals surface area contributed by atoms with Crippen molar-refractivity contribution in [2.45, 2.75) is 49.9 Å². The molecule has 1 aromatic heterocycles. The van der Waals surface area contributed by atoms with E-state index in [1.54, 1.807) is 0 Å². The number of benzene rings is 2. The highest BCUT2D eigenvalue weighted by Gasteiger charge is 2.46. The minimum Gasteiger partial charge on any atom is -0.487 e. The predicted octanol–water partition coefficient (Wildman–Crippen LogP) is 5.17. The Morgan fingerprint density at radius 1 is 1.19 bits per heavy atom. The summed E-state index contributed by atoms with van der Waals surface area (Å²) >= 11 is 5.92. The summed E-state index contributed by atoms with van der Waals surface area (Å²) in [6.45, 7) is 1.55. The Morgan fingerprint density at radius 3 is 2.64 bits per heavy atom. The maximum atomic E-state index is 15.2. The zero-order valence-electron chi connectivity index (χ0n) is 19.4. The van der Waals surface area contributed by atoms with Crippen molar-refractivity contribution in [2.24, 2.45) is 0 Å². The van der Waals surface area contributed by atoms with Gasteiger partial charge < -0.3 is 24.5 Å². The molecule has 2 unspecified atom stereocenters. The fraction of sp³-hybridized carbons (Fsp3) is 0.423. The van der Waals surface area contributed by atoms with Gasteiger partial charge in [-0.3, -0.25) is 4.79 Å². The summed E-state index contributed by atoms with van der Waals surface area (Å²) in [5, 5.41) is 14.0. The Labute approximate surface area is 211 Å². The molecule has 2 N–H and O–H groups in total. The molecule has 2 atom stereocenters. The average Bonchev–Trinajstić information content (AvgIpc) is 3.32. The molecular formula is C26H26ClF3N2O4. The van der Waals surface area contributed by atoms with Gasteiger partial charge in [-0.05, 0) is 80.7 Å². The smallest absolute Gasteiger partial charge is 0.380 e. The lowest BCUT2D eigenvalue weighted by molar-refractivity contribution is -0.151. The van der Waals surface area contributed by atoms with E-state index >= 15 is 8.78 Å². The van der Waals surface area contributed by atoms with Gasteiger partial charge in [-0.25, -0.2) is 4.39 Å². The van der Waals surface area contributed by atoms with Crippen molar-refractivity contribution in [3.05, 3.63) is 64.6 Å². The number of aliphatic hydroxyl groups excluding tert-OH is 1. The van der Waals surface area contributed by atoms with E-state index in [-0.39, 0.29) is 29.5 Å². The maximum absolute atomic E-state index is 15.2. The van der Waals surface area contributed by atoms with Gasteiger partial charge in [0.05, 0.1) is 12.1 Å². The maximum Gasteiger partial charge on any atom is 0.380 e. The Hall–Kier alpha value is -2.75. The van der Waals surface area contributed by atoms with Crippen molar-refractivity contribution in [2.75, 3.05) is 19.6 Å². The van der Waals surface area contributed by atoms with Crippen LogP contribution in [0, 0.1) is 5.82 Å². The van der Waals surface area contributed by atoms with Gasteiger partial charge in [0.15, 0.2) is 17.3 Å². The number of hydrogen-bond donors (Lipinski definition) is 2. The van der Waals surface area contributed by atoms with Gasteiger partial charge in [0.2, 0.25) is 0 Å². The molecule has 10 heteroatoms. The minimum atomic E-state index is -4.01. The van der Waals surface area contributed by atoms with Gasteiger partial charge in [0.1, 0.15) is 11.7 Å². The molecule has 2 heterocycles. The number of carbonyl (C=O) groups is 1. The fourth-order valence-corrected chi connectivity index (χ4v) is 4.58. The monoisotopic (exact) mass is 522 g/mol. The van der Waals surface area contributed by atoms with Crippen LogP contribution < -0.4 is 10.1 Å². The van der Waals surface area contributed by atoms with Crippen molar-refractivity contribution in [1.29, 1.82) is 0 Å². The van der Waals surface area contributed by atoms with Crippen LogP contribution in [-0.4, -0.2) is 47.7 Å². The van der Waals surface area contributed by atoms with Gasteiger partial charge in [0, 0.05) is 17.0 Å².